The Morgan fingerprint density at radius 3 is 2.44 bits per heavy atom. The van der Waals surface area contributed by atoms with Crippen LogP contribution in [0.1, 0.15) is 55.0 Å². The van der Waals surface area contributed by atoms with Crippen LogP contribution in [0.3, 0.4) is 0 Å². The number of rotatable bonds is 5. The molecule has 0 bridgehead atoms. The van der Waals surface area contributed by atoms with Gasteiger partial charge in [0.15, 0.2) is 0 Å². The maximum absolute atomic E-state index is 15.2. The summed E-state index contributed by atoms with van der Waals surface area (Å²) in [6, 6.07) is 16.7. The lowest BCUT2D eigenvalue weighted by Crippen LogP contribution is -2.44. The molecule has 0 saturated carbocycles. The molecule has 5 rings (SSSR count). The number of aromatic nitrogens is 2. The van der Waals surface area contributed by atoms with E-state index in [0.717, 1.165) is 43.6 Å². The SMILES string of the molecule is C[C@H]1CCC(c2ccccc2)S(=O)(=O)N1Cc1ccc(N2CCC(n3cccn3)CC2)cc1F. The Hall–Kier alpha value is -2.71. The van der Waals surface area contributed by atoms with Crippen molar-refractivity contribution in [2.45, 2.75) is 56.5 Å². The van der Waals surface area contributed by atoms with Crippen molar-refractivity contribution in [1.29, 1.82) is 0 Å². The van der Waals surface area contributed by atoms with E-state index in [-0.39, 0.29) is 18.4 Å². The second-order valence-corrected chi connectivity index (χ2v) is 11.5. The molecular formula is C26H31FN4O2S. The number of hydrogen-bond acceptors (Lipinski definition) is 4. The maximum Gasteiger partial charge on any atom is 0.221 e. The molecule has 1 aromatic heterocycles. The van der Waals surface area contributed by atoms with Crippen molar-refractivity contribution in [3.05, 3.63) is 83.9 Å². The van der Waals surface area contributed by atoms with Crippen LogP contribution in [0.4, 0.5) is 10.1 Å². The number of piperidine rings is 1. The fourth-order valence-electron chi connectivity index (χ4n) is 5.27. The Labute approximate surface area is 201 Å². The van der Waals surface area contributed by atoms with E-state index in [1.54, 1.807) is 18.3 Å². The third-order valence-corrected chi connectivity index (χ3v) is 9.66. The molecular weight excluding hydrogens is 451 g/mol. The maximum atomic E-state index is 15.2. The van der Waals surface area contributed by atoms with Gasteiger partial charge in [0.25, 0.3) is 0 Å². The van der Waals surface area contributed by atoms with Crippen LogP contribution in [0, 0.1) is 5.82 Å². The predicted octanol–water partition coefficient (Wildman–Crippen LogP) is 4.92. The van der Waals surface area contributed by atoms with Crippen LogP contribution < -0.4 is 4.90 Å². The minimum absolute atomic E-state index is 0.0559. The normalized spacial score (nSPS) is 23.8. The van der Waals surface area contributed by atoms with Crippen LogP contribution in [0.25, 0.3) is 0 Å². The highest BCUT2D eigenvalue weighted by Crippen LogP contribution is 2.38. The Bertz CT molecular complexity index is 1210. The standard InChI is InChI=1S/C26H31FN4O2S/c1-20-8-11-26(21-6-3-2-4-7-21)34(32,33)31(20)19-22-9-10-24(18-25(22)27)29-16-12-23(13-17-29)30-15-5-14-28-30/h2-7,9-10,14-15,18,20,23,26H,8,11-13,16-17,19H2,1H3/t20-,26?/m0/s1. The molecule has 2 aliphatic heterocycles. The quantitative estimate of drug-likeness (QED) is 0.518. The highest BCUT2D eigenvalue weighted by molar-refractivity contribution is 7.89. The summed E-state index contributed by atoms with van der Waals surface area (Å²) < 4.78 is 45.6. The molecule has 180 valence electrons. The summed E-state index contributed by atoms with van der Waals surface area (Å²) in [5.41, 5.74) is 2.06. The van der Waals surface area contributed by atoms with Crippen molar-refractivity contribution in [1.82, 2.24) is 14.1 Å². The summed E-state index contributed by atoms with van der Waals surface area (Å²) in [6.07, 6.45) is 7.03. The number of anilines is 1. The second-order valence-electron chi connectivity index (χ2n) is 9.40. The lowest BCUT2D eigenvalue weighted by molar-refractivity contribution is 0.279. The first-order valence-electron chi connectivity index (χ1n) is 12.0. The molecule has 3 aromatic rings. The fraction of sp³-hybridized carbons (Fsp3) is 0.423. The van der Waals surface area contributed by atoms with Gasteiger partial charge >= 0.3 is 0 Å². The van der Waals surface area contributed by atoms with Crippen molar-refractivity contribution >= 4 is 15.7 Å². The molecule has 2 saturated heterocycles. The molecule has 2 atom stereocenters. The first-order valence-corrected chi connectivity index (χ1v) is 13.5. The van der Waals surface area contributed by atoms with Crippen LogP contribution in [0.5, 0.6) is 0 Å². The van der Waals surface area contributed by atoms with Crippen LogP contribution >= 0.6 is 0 Å². The Kier molecular flexibility index (Phi) is 6.44. The number of benzene rings is 2. The first kappa shape index (κ1) is 23.1. The van der Waals surface area contributed by atoms with Crippen LogP contribution in [-0.4, -0.2) is 41.6 Å². The molecule has 0 amide bonds. The summed E-state index contributed by atoms with van der Waals surface area (Å²) in [6.45, 7) is 3.63. The molecule has 1 unspecified atom stereocenters. The van der Waals surface area contributed by atoms with Gasteiger partial charge in [0.2, 0.25) is 10.0 Å². The molecule has 2 fully saturated rings. The molecule has 0 aliphatic carbocycles. The largest absolute Gasteiger partial charge is 0.371 e. The molecule has 6 nitrogen and oxygen atoms in total. The molecule has 2 aromatic carbocycles. The second kappa shape index (κ2) is 9.50. The van der Waals surface area contributed by atoms with Crippen molar-refractivity contribution in [3.63, 3.8) is 0 Å². The zero-order valence-corrected chi connectivity index (χ0v) is 20.2. The van der Waals surface area contributed by atoms with Crippen LogP contribution in [0.2, 0.25) is 0 Å². The average Bonchev–Trinajstić information content (AvgIpc) is 3.38. The van der Waals surface area contributed by atoms with E-state index in [0.29, 0.717) is 18.0 Å². The zero-order chi connectivity index (χ0) is 23.7. The van der Waals surface area contributed by atoms with E-state index < -0.39 is 15.3 Å². The summed E-state index contributed by atoms with van der Waals surface area (Å²) >= 11 is 0. The number of halogens is 1. The Morgan fingerprint density at radius 2 is 1.76 bits per heavy atom. The monoisotopic (exact) mass is 482 g/mol. The zero-order valence-electron chi connectivity index (χ0n) is 19.4. The van der Waals surface area contributed by atoms with Gasteiger partial charge in [-0.1, -0.05) is 36.4 Å². The third kappa shape index (κ3) is 4.49. The van der Waals surface area contributed by atoms with Gasteiger partial charge in [-0.3, -0.25) is 4.68 Å². The van der Waals surface area contributed by atoms with Crippen LogP contribution in [0.15, 0.2) is 67.0 Å². The highest BCUT2D eigenvalue weighted by atomic mass is 32.2. The Balaban J connectivity index is 1.30. The first-order chi connectivity index (χ1) is 16.4. The summed E-state index contributed by atoms with van der Waals surface area (Å²) in [5, 5.41) is 3.77. The minimum atomic E-state index is -3.59. The third-order valence-electron chi connectivity index (χ3n) is 7.29. The van der Waals surface area contributed by atoms with E-state index in [9.17, 15) is 8.42 Å². The van der Waals surface area contributed by atoms with Gasteiger partial charge in [0.1, 0.15) is 11.1 Å². The molecule has 8 heteroatoms. The van der Waals surface area contributed by atoms with Gasteiger partial charge < -0.3 is 4.90 Å². The van der Waals surface area contributed by atoms with E-state index >= 15 is 4.39 Å². The van der Waals surface area contributed by atoms with Crippen LogP contribution in [-0.2, 0) is 16.6 Å². The lowest BCUT2D eigenvalue weighted by atomic mass is 10.0. The average molecular weight is 483 g/mol. The van der Waals surface area contributed by atoms with Gasteiger partial charge in [-0.2, -0.15) is 9.40 Å². The van der Waals surface area contributed by atoms with E-state index in [4.69, 9.17) is 0 Å². The fourth-order valence-corrected chi connectivity index (χ4v) is 7.45. The lowest BCUT2D eigenvalue weighted by Gasteiger charge is -2.37. The van der Waals surface area contributed by atoms with E-state index in [1.165, 1.54) is 4.31 Å². The van der Waals surface area contributed by atoms with E-state index in [1.807, 2.05) is 60.3 Å². The molecule has 3 heterocycles. The van der Waals surface area contributed by atoms with Gasteiger partial charge in [0, 0.05) is 49.3 Å². The minimum Gasteiger partial charge on any atom is -0.371 e. The topological polar surface area (TPSA) is 58.4 Å². The summed E-state index contributed by atoms with van der Waals surface area (Å²) in [4.78, 5) is 2.19. The Morgan fingerprint density at radius 1 is 1.00 bits per heavy atom. The van der Waals surface area contributed by atoms with E-state index in [2.05, 4.69) is 10.00 Å². The molecule has 2 aliphatic rings. The summed E-state index contributed by atoms with van der Waals surface area (Å²) in [5.74, 6) is -0.351. The molecule has 0 spiro atoms. The number of sulfonamides is 1. The summed E-state index contributed by atoms with van der Waals surface area (Å²) in [7, 11) is -3.59. The van der Waals surface area contributed by atoms with Gasteiger partial charge in [0.05, 0.1) is 6.04 Å². The van der Waals surface area contributed by atoms with Gasteiger partial charge in [-0.05, 0) is 56.4 Å². The highest BCUT2D eigenvalue weighted by Gasteiger charge is 2.40. The van der Waals surface area contributed by atoms with Crippen molar-refractivity contribution in [3.8, 4) is 0 Å². The number of hydrogen-bond donors (Lipinski definition) is 0. The van der Waals surface area contributed by atoms with Gasteiger partial charge in [-0.15, -0.1) is 0 Å². The van der Waals surface area contributed by atoms with Crippen molar-refractivity contribution in [2.75, 3.05) is 18.0 Å². The van der Waals surface area contributed by atoms with Crippen molar-refractivity contribution < 1.29 is 12.8 Å². The van der Waals surface area contributed by atoms with Gasteiger partial charge in [-0.25, -0.2) is 12.8 Å². The smallest absolute Gasteiger partial charge is 0.221 e. The number of nitrogens with zero attached hydrogens (tertiary/aromatic N) is 4. The van der Waals surface area contributed by atoms with Crippen molar-refractivity contribution in [2.24, 2.45) is 0 Å². The molecule has 0 N–H and O–H groups in total. The predicted molar refractivity (Wildman–Crippen MR) is 131 cm³/mol. The molecule has 0 radical (unpaired) electrons. The molecule has 34 heavy (non-hydrogen) atoms.